The van der Waals surface area contributed by atoms with Crippen LogP contribution in [0.4, 0.5) is 0 Å². The fourth-order valence-electron chi connectivity index (χ4n) is 12.5. The maximum absolute atomic E-state index is 12.6. The molecule has 0 rings (SSSR count). The van der Waals surface area contributed by atoms with Crippen LogP contribution in [0, 0.1) is 0 Å². The number of amides is 1. The van der Waals surface area contributed by atoms with Crippen molar-refractivity contribution in [2.24, 2.45) is 0 Å². The number of esters is 1. The van der Waals surface area contributed by atoms with Crippen molar-refractivity contribution < 1.29 is 24.5 Å². The Morgan fingerprint density at radius 2 is 0.553 bits per heavy atom. The van der Waals surface area contributed by atoms with E-state index in [4.69, 9.17) is 4.74 Å². The lowest BCUT2D eigenvalue weighted by Crippen LogP contribution is -2.45. The van der Waals surface area contributed by atoms with Crippen molar-refractivity contribution in [1.82, 2.24) is 5.32 Å². The summed E-state index contributed by atoms with van der Waals surface area (Å²) in [6, 6.07) is -0.627. The highest BCUT2D eigenvalue weighted by atomic mass is 16.5. The summed E-state index contributed by atoms with van der Waals surface area (Å²) in [6.45, 7) is 4.94. The second-order valence-electron chi connectivity index (χ2n) is 27.0. The summed E-state index contributed by atoms with van der Waals surface area (Å²) >= 11 is 0. The van der Waals surface area contributed by atoms with Gasteiger partial charge in [0.15, 0.2) is 0 Å². The third-order valence-corrected chi connectivity index (χ3v) is 18.5. The number of aliphatic hydroxyl groups excluding tert-OH is 2. The zero-order valence-electron chi connectivity index (χ0n) is 57.9. The van der Waals surface area contributed by atoms with Crippen molar-refractivity contribution in [1.29, 1.82) is 0 Å². The van der Waals surface area contributed by atoms with E-state index in [2.05, 4.69) is 31.3 Å². The minimum Gasteiger partial charge on any atom is -0.466 e. The molecule has 0 fully saturated rings. The average Bonchev–Trinajstić information content (AvgIpc) is 3.51. The van der Waals surface area contributed by atoms with E-state index in [0.717, 1.165) is 44.9 Å². The van der Waals surface area contributed by atoms with E-state index in [-0.39, 0.29) is 18.5 Å². The van der Waals surface area contributed by atoms with E-state index < -0.39 is 12.1 Å². The van der Waals surface area contributed by atoms with Crippen molar-refractivity contribution >= 4 is 11.9 Å². The molecule has 3 N–H and O–H groups in total. The number of nitrogens with one attached hydrogen (secondary N) is 1. The van der Waals surface area contributed by atoms with Gasteiger partial charge in [-0.2, -0.15) is 0 Å². The van der Waals surface area contributed by atoms with Gasteiger partial charge in [-0.25, -0.2) is 0 Å². The van der Waals surface area contributed by atoms with Crippen LogP contribution >= 0.6 is 0 Å². The summed E-state index contributed by atoms with van der Waals surface area (Å²) in [6.07, 6.45) is 95.8. The van der Waals surface area contributed by atoms with Crippen LogP contribution in [-0.2, 0) is 14.3 Å². The van der Waals surface area contributed by atoms with Crippen LogP contribution in [0.1, 0.15) is 444 Å². The number of rotatable bonds is 74. The second-order valence-corrected chi connectivity index (χ2v) is 27.0. The molecular formula is C79H153NO5. The first-order chi connectivity index (χ1) is 42.0. The highest BCUT2D eigenvalue weighted by molar-refractivity contribution is 5.76. The Morgan fingerprint density at radius 3 is 0.835 bits per heavy atom. The largest absolute Gasteiger partial charge is 0.466 e. The van der Waals surface area contributed by atoms with Gasteiger partial charge in [-0.1, -0.05) is 398 Å². The lowest BCUT2D eigenvalue weighted by Gasteiger charge is -2.20. The van der Waals surface area contributed by atoms with E-state index in [1.807, 2.05) is 6.08 Å². The number of carbonyl (C=O) groups excluding carboxylic acids is 2. The molecule has 6 nitrogen and oxygen atoms in total. The highest BCUT2D eigenvalue weighted by Crippen LogP contribution is 2.20. The Morgan fingerprint density at radius 1 is 0.318 bits per heavy atom. The van der Waals surface area contributed by atoms with Crippen LogP contribution in [0.25, 0.3) is 0 Å². The van der Waals surface area contributed by atoms with Gasteiger partial charge in [-0.05, 0) is 57.8 Å². The molecule has 0 aliphatic rings. The van der Waals surface area contributed by atoms with E-state index in [1.165, 1.54) is 372 Å². The van der Waals surface area contributed by atoms with Gasteiger partial charge in [0.1, 0.15) is 0 Å². The van der Waals surface area contributed by atoms with E-state index >= 15 is 0 Å². The summed E-state index contributed by atoms with van der Waals surface area (Å²) in [7, 11) is 0. The SMILES string of the molecule is CCCCCCC/C=C\CCCCCCCC(=O)OCCCCCCCCCCCCCCCCCCCCCCCCCCCCCCCC(=O)NC(CO)C(O)/C=C/CCCCCCCCCCCCCCCCCCCCCCCCC. The van der Waals surface area contributed by atoms with Gasteiger partial charge >= 0.3 is 5.97 Å². The molecule has 0 spiro atoms. The summed E-state index contributed by atoms with van der Waals surface area (Å²) in [5.41, 5.74) is 0. The Hall–Kier alpha value is -1.66. The molecule has 0 aromatic carbocycles. The first-order valence-corrected chi connectivity index (χ1v) is 39.1. The molecule has 1 amide bonds. The quantitative estimate of drug-likeness (QED) is 0.0320. The smallest absolute Gasteiger partial charge is 0.305 e. The number of carbonyl (C=O) groups is 2. The van der Waals surface area contributed by atoms with Crippen molar-refractivity contribution in [3.8, 4) is 0 Å². The monoisotopic (exact) mass is 1200 g/mol. The lowest BCUT2D eigenvalue weighted by atomic mass is 10.0. The molecule has 0 saturated carbocycles. The molecule has 2 unspecified atom stereocenters. The minimum absolute atomic E-state index is 0.0116. The predicted molar refractivity (Wildman–Crippen MR) is 375 cm³/mol. The molecule has 0 bridgehead atoms. The van der Waals surface area contributed by atoms with Crippen LogP contribution < -0.4 is 5.32 Å². The van der Waals surface area contributed by atoms with Gasteiger partial charge < -0.3 is 20.3 Å². The van der Waals surface area contributed by atoms with Crippen molar-refractivity contribution in [2.75, 3.05) is 13.2 Å². The third-order valence-electron chi connectivity index (χ3n) is 18.5. The van der Waals surface area contributed by atoms with Gasteiger partial charge in [-0.3, -0.25) is 9.59 Å². The number of hydrogen-bond donors (Lipinski definition) is 3. The van der Waals surface area contributed by atoms with Crippen LogP contribution in [0.2, 0.25) is 0 Å². The number of hydrogen-bond acceptors (Lipinski definition) is 5. The second kappa shape index (κ2) is 74.8. The average molecular weight is 1200 g/mol. The highest BCUT2D eigenvalue weighted by Gasteiger charge is 2.18. The summed E-state index contributed by atoms with van der Waals surface area (Å²) in [5, 5.41) is 23.3. The van der Waals surface area contributed by atoms with Crippen molar-refractivity contribution in [3.05, 3.63) is 24.3 Å². The van der Waals surface area contributed by atoms with Gasteiger partial charge in [0.2, 0.25) is 5.91 Å². The standard InChI is InChI=1S/C79H153NO5/c1-3-5-7-9-11-13-15-17-19-20-21-22-23-29-32-35-38-41-44-47-51-55-59-63-67-71-77(82)76(75-81)80-78(83)72-68-64-60-56-52-48-45-42-39-36-33-30-27-25-24-26-28-31-34-37-40-43-46-50-54-58-62-66-70-74-85-79(84)73-69-65-61-57-53-49-18-16-14-12-10-8-6-4-2/h16,18,67,71,76-77,81-82H,3-15,17,19-66,68-70,72-75H2,1-2H3,(H,80,83)/b18-16-,71-67+. The van der Waals surface area contributed by atoms with E-state index in [9.17, 15) is 19.8 Å². The Balaban J connectivity index is 3.37. The molecule has 0 saturated heterocycles. The molecule has 6 heteroatoms. The molecule has 0 aliphatic carbocycles. The van der Waals surface area contributed by atoms with Crippen LogP contribution in [0.15, 0.2) is 24.3 Å². The number of ether oxygens (including phenoxy) is 1. The lowest BCUT2D eigenvalue weighted by molar-refractivity contribution is -0.143. The number of allylic oxidation sites excluding steroid dienone is 3. The van der Waals surface area contributed by atoms with Gasteiger partial charge in [0.25, 0.3) is 0 Å². The van der Waals surface area contributed by atoms with Gasteiger partial charge in [-0.15, -0.1) is 0 Å². The van der Waals surface area contributed by atoms with Gasteiger partial charge in [0.05, 0.1) is 25.4 Å². The number of unbranched alkanes of at least 4 members (excludes halogenated alkanes) is 61. The first-order valence-electron chi connectivity index (χ1n) is 39.1. The molecule has 2 atom stereocenters. The van der Waals surface area contributed by atoms with Crippen molar-refractivity contribution in [3.63, 3.8) is 0 Å². The fourth-order valence-corrected chi connectivity index (χ4v) is 12.5. The minimum atomic E-state index is -0.844. The van der Waals surface area contributed by atoms with Crippen LogP contribution in [-0.4, -0.2) is 47.4 Å². The zero-order chi connectivity index (χ0) is 61.3. The predicted octanol–water partition coefficient (Wildman–Crippen LogP) is 25.7. The van der Waals surface area contributed by atoms with Crippen LogP contribution in [0.3, 0.4) is 0 Å². The maximum Gasteiger partial charge on any atom is 0.305 e. The first kappa shape index (κ1) is 83.3. The summed E-state index contributed by atoms with van der Waals surface area (Å²) in [5.74, 6) is -0.0475. The summed E-state index contributed by atoms with van der Waals surface area (Å²) < 4.78 is 5.49. The van der Waals surface area contributed by atoms with Gasteiger partial charge in [0, 0.05) is 12.8 Å². The maximum atomic E-state index is 12.6. The molecule has 504 valence electrons. The Kier molecular flexibility index (Phi) is 73.3. The molecule has 85 heavy (non-hydrogen) atoms. The van der Waals surface area contributed by atoms with E-state index in [1.54, 1.807) is 6.08 Å². The van der Waals surface area contributed by atoms with Crippen LogP contribution in [0.5, 0.6) is 0 Å². The molecule has 0 radical (unpaired) electrons. The Bertz CT molecular complexity index is 1330. The number of aliphatic hydroxyl groups is 2. The molecular weight excluding hydrogens is 1040 g/mol. The zero-order valence-corrected chi connectivity index (χ0v) is 57.9. The normalized spacial score (nSPS) is 12.6. The molecule has 0 aromatic heterocycles. The molecule has 0 aromatic rings. The summed E-state index contributed by atoms with van der Waals surface area (Å²) in [4.78, 5) is 24.6. The van der Waals surface area contributed by atoms with Crippen molar-refractivity contribution in [2.45, 2.75) is 456 Å². The van der Waals surface area contributed by atoms with E-state index in [0.29, 0.717) is 19.4 Å². The molecule has 0 heterocycles. The molecule has 0 aliphatic heterocycles. The third kappa shape index (κ3) is 71.3. The fraction of sp³-hybridized carbons (Fsp3) is 0.924. The Labute approximate surface area is 532 Å². The topological polar surface area (TPSA) is 95.9 Å².